The Morgan fingerprint density at radius 3 is 2.37 bits per heavy atom. The van der Waals surface area contributed by atoms with Crippen molar-refractivity contribution in [1.29, 1.82) is 0 Å². The van der Waals surface area contributed by atoms with Crippen LogP contribution in [-0.2, 0) is 6.18 Å². The van der Waals surface area contributed by atoms with Gasteiger partial charge in [-0.25, -0.2) is 0 Å². The number of pyridine rings is 1. The average molecular weight is 308 g/mol. The van der Waals surface area contributed by atoms with Gasteiger partial charge < -0.3 is 4.98 Å². The monoisotopic (exact) mass is 307 g/mol. The molecule has 0 radical (unpaired) electrons. The summed E-state index contributed by atoms with van der Waals surface area (Å²) in [7, 11) is 0. The number of benzene rings is 1. The second-order valence-corrected chi connectivity index (χ2v) is 4.56. The van der Waals surface area contributed by atoms with E-state index >= 15 is 0 Å². The summed E-state index contributed by atoms with van der Waals surface area (Å²) < 4.78 is 38.8. The highest BCUT2D eigenvalue weighted by molar-refractivity contribution is 6.36. The molecule has 2 nitrogen and oxygen atoms in total. The van der Waals surface area contributed by atoms with E-state index in [9.17, 15) is 18.0 Å². The van der Waals surface area contributed by atoms with Gasteiger partial charge in [-0.2, -0.15) is 13.2 Å². The van der Waals surface area contributed by atoms with Gasteiger partial charge in [0.15, 0.2) is 5.43 Å². The van der Waals surface area contributed by atoms with Gasteiger partial charge in [0.1, 0.15) is 5.56 Å². The summed E-state index contributed by atoms with van der Waals surface area (Å²) in [6, 6.07) is 4.85. The van der Waals surface area contributed by atoms with Crippen molar-refractivity contribution >= 4 is 23.2 Å². The van der Waals surface area contributed by atoms with E-state index in [2.05, 4.69) is 4.98 Å². The molecule has 100 valence electrons. The van der Waals surface area contributed by atoms with E-state index in [1.54, 1.807) is 0 Å². The Bertz CT molecular complexity index is 679. The fourth-order valence-electron chi connectivity index (χ4n) is 1.67. The molecule has 0 bridgehead atoms. The van der Waals surface area contributed by atoms with E-state index in [0.717, 1.165) is 12.3 Å². The minimum atomic E-state index is -4.77. The number of aromatic nitrogens is 1. The lowest BCUT2D eigenvalue weighted by molar-refractivity contribution is -0.138. The van der Waals surface area contributed by atoms with Crippen LogP contribution in [0.1, 0.15) is 5.56 Å². The predicted molar refractivity (Wildman–Crippen MR) is 67.5 cm³/mol. The quantitative estimate of drug-likeness (QED) is 0.834. The zero-order chi connectivity index (χ0) is 14.2. The van der Waals surface area contributed by atoms with Gasteiger partial charge in [-0.1, -0.05) is 23.2 Å². The van der Waals surface area contributed by atoms with Crippen LogP contribution in [0.3, 0.4) is 0 Å². The molecule has 0 fully saturated rings. The highest BCUT2D eigenvalue weighted by Gasteiger charge is 2.37. The first-order valence-corrected chi connectivity index (χ1v) is 5.80. The van der Waals surface area contributed by atoms with Gasteiger partial charge in [-0.05, 0) is 18.2 Å². The molecular formula is C12H6Cl2F3NO. The van der Waals surface area contributed by atoms with E-state index in [-0.39, 0.29) is 16.3 Å². The van der Waals surface area contributed by atoms with Crippen LogP contribution in [-0.4, -0.2) is 4.98 Å². The molecule has 7 heteroatoms. The minimum Gasteiger partial charge on any atom is -0.360 e. The molecule has 0 aliphatic carbocycles. The minimum absolute atomic E-state index is 0.0276. The topological polar surface area (TPSA) is 32.9 Å². The van der Waals surface area contributed by atoms with E-state index in [0.29, 0.717) is 5.02 Å². The molecule has 0 aliphatic heterocycles. The highest BCUT2D eigenvalue weighted by atomic mass is 35.5. The largest absolute Gasteiger partial charge is 0.422 e. The van der Waals surface area contributed by atoms with Crippen LogP contribution in [0.5, 0.6) is 0 Å². The van der Waals surface area contributed by atoms with Crippen molar-refractivity contribution in [1.82, 2.24) is 4.98 Å². The molecule has 1 aromatic heterocycles. The third-order valence-corrected chi connectivity index (χ3v) is 2.99. The van der Waals surface area contributed by atoms with Crippen molar-refractivity contribution < 1.29 is 13.2 Å². The van der Waals surface area contributed by atoms with Crippen LogP contribution in [0.25, 0.3) is 11.3 Å². The van der Waals surface area contributed by atoms with Crippen molar-refractivity contribution in [2.24, 2.45) is 0 Å². The zero-order valence-electron chi connectivity index (χ0n) is 9.18. The summed E-state index contributed by atoms with van der Waals surface area (Å²) in [5.74, 6) is 0. The second kappa shape index (κ2) is 4.90. The zero-order valence-corrected chi connectivity index (χ0v) is 10.7. The summed E-state index contributed by atoms with van der Waals surface area (Å²) in [6.07, 6.45) is -3.63. The molecule has 0 aliphatic rings. The van der Waals surface area contributed by atoms with Crippen LogP contribution < -0.4 is 5.43 Å². The van der Waals surface area contributed by atoms with Gasteiger partial charge in [0.25, 0.3) is 0 Å². The molecule has 1 aromatic carbocycles. The van der Waals surface area contributed by atoms with Gasteiger partial charge in [-0.3, -0.25) is 4.79 Å². The number of hydrogen-bond donors (Lipinski definition) is 1. The number of hydrogen-bond acceptors (Lipinski definition) is 1. The standard InChI is InChI=1S/C12H6Cl2F3NO/c13-6-1-2-7(8(14)5-6)11-10(12(15,16)17)9(19)3-4-18-11/h1-5H,(H,18,19). The fraction of sp³-hybridized carbons (Fsp3) is 0.0833. The molecule has 0 atom stereocenters. The summed E-state index contributed by atoms with van der Waals surface area (Å²) >= 11 is 11.6. The van der Waals surface area contributed by atoms with Gasteiger partial charge in [0.2, 0.25) is 0 Å². The molecule has 2 aromatic rings. The Kier molecular flexibility index (Phi) is 3.60. The van der Waals surface area contributed by atoms with E-state index in [1.165, 1.54) is 18.2 Å². The molecule has 1 heterocycles. The van der Waals surface area contributed by atoms with Gasteiger partial charge in [0, 0.05) is 22.8 Å². The number of alkyl halides is 3. The molecular weight excluding hydrogens is 302 g/mol. The van der Waals surface area contributed by atoms with Crippen LogP contribution in [0.15, 0.2) is 35.3 Å². The summed E-state index contributed by atoms with van der Waals surface area (Å²) in [5, 5.41) is 0.320. The summed E-state index contributed by atoms with van der Waals surface area (Å²) in [6.45, 7) is 0. The summed E-state index contributed by atoms with van der Waals surface area (Å²) in [4.78, 5) is 13.8. The first-order valence-electron chi connectivity index (χ1n) is 5.05. The Morgan fingerprint density at radius 2 is 1.79 bits per heavy atom. The lowest BCUT2D eigenvalue weighted by atomic mass is 10.1. The Labute approximate surface area is 115 Å². The van der Waals surface area contributed by atoms with Crippen molar-refractivity contribution in [2.45, 2.75) is 6.18 Å². The fourth-order valence-corrected chi connectivity index (χ4v) is 2.17. The highest BCUT2D eigenvalue weighted by Crippen LogP contribution is 2.36. The van der Waals surface area contributed by atoms with Crippen LogP contribution in [0.2, 0.25) is 10.0 Å². The Hall–Kier alpha value is -1.46. The smallest absolute Gasteiger partial charge is 0.360 e. The Balaban J connectivity index is 2.76. The maximum absolute atomic E-state index is 12.9. The number of H-pyrrole nitrogens is 1. The third kappa shape index (κ3) is 2.77. The molecule has 2 rings (SSSR count). The molecule has 0 amide bonds. The van der Waals surface area contributed by atoms with Crippen molar-refractivity contribution in [3.8, 4) is 11.3 Å². The molecule has 0 saturated heterocycles. The molecule has 0 spiro atoms. The van der Waals surface area contributed by atoms with Gasteiger partial charge in [-0.15, -0.1) is 0 Å². The molecule has 1 N–H and O–H groups in total. The van der Waals surface area contributed by atoms with Crippen molar-refractivity contribution in [3.05, 3.63) is 56.3 Å². The van der Waals surface area contributed by atoms with E-state index < -0.39 is 17.2 Å². The van der Waals surface area contributed by atoms with Crippen molar-refractivity contribution in [3.63, 3.8) is 0 Å². The van der Waals surface area contributed by atoms with Crippen LogP contribution in [0.4, 0.5) is 13.2 Å². The van der Waals surface area contributed by atoms with Crippen LogP contribution in [0, 0.1) is 0 Å². The molecule has 0 saturated carbocycles. The first-order chi connectivity index (χ1) is 8.80. The number of nitrogens with one attached hydrogen (secondary N) is 1. The normalized spacial score (nSPS) is 11.6. The lowest BCUT2D eigenvalue weighted by Crippen LogP contribution is -2.20. The molecule has 0 unspecified atom stereocenters. The number of aromatic amines is 1. The third-order valence-electron chi connectivity index (χ3n) is 2.44. The van der Waals surface area contributed by atoms with Crippen LogP contribution >= 0.6 is 23.2 Å². The lowest BCUT2D eigenvalue weighted by Gasteiger charge is -2.12. The van der Waals surface area contributed by atoms with E-state index in [4.69, 9.17) is 23.2 Å². The predicted octanol–water partition coefficient (Wildman–Crippen LogP) is 4.37. The SMILES string of the molecule is O=c1cc[nH]c(-c2ccc(Cl)cc2Cl)c1C(F)(F)F. The number of rotatable bonds is 1. The van der Waals surface area contributed by atoms with Crippen molar-refractivity contribution in [2.75, 3.05) is 0 Å². The average Bonchev–Trinajstić information content (AvgIpc) is 2.26. The van der Waals surface area contributed by atoms with Gasteiger partial charge in [0.05, 0.1) is 10.7 Å². The number of halogens is 5. The summed E-state index contributed by atoms with van der Waals surface area (Å²) in [5.41, 5.74) is -2.70. The first kappa shape index (κ1) is 14.0. The van der Waals surface area contributed by atoms with E-state index in [1.807, 2.05) is 0 Å². The maximum atomic E-state index is 12.9. The second-order valence-electron chi connectivity index (χ2n) is 3.71. The van der Waals surface area contributed by atoms with Gasteiger partial charge >= 0.3 is 6.18 Å². The maximum Gasteiger partial charge on any atom is 0.422 e. The Morgan fingerprint density at radius 1 is 1.11 bits per heavy atom. The molecule has 19 heavy (non-hydrogen) atoms.